The normalized spacial score (nSPS) is 10.3. The Morgan fingerprint density at radius 3 is 2.12 bits per heavy atom. The largest absolute Gasteiger partial charge is 0.493 e. The summed E-state index contributed by atoms with van der Waals surface area (Å²) in [6.45, 7) is 0.180. The molecular weight excluding hydrogens is 406 g/mol. The van der Waals surface area contributed by atoms with Crippen LogP contribution in [0.25, 0.3) is 11.1 Å². The number of nitrogens with zero attached hydrogens (tertiary/aromatic N) is 1. The SMILES string of the molecule is COc1ccc(CCN(C)C(=O)COC(=O)c2ccc(-c3ccccc3)cc2)cc1OC. The highest BCUT2D eigenvalue weighted by Gasteiger charge is 2.14. The Morgan fingerprint density at radius 1 is 0.812 bits per heavy atom. The summed E-state index contributed by atoms with van der Waals surface area (Å²) in [6, 6.07) is 22.7. The van der Waals surface area contributed by atoms with Crippen molar-refractivity contribution in [1.82, 2.24) is 4.90 Å². The van der Waals surface area contributed by atoms with E-state index >= 15 is 0 Å². The molecule has 1 amide bonds. The number of esters is 1. The molecular formula is C26H27NO5. The van der Waals surface area contributed by atoms with Gasteiger partial charge in [-0.1, -0.05) is 48.5 Å². The summed E-state index contributed by atoms with van der Waals surface area (Å²) < 4.78 is 15.8. The Kier molecular flexibility index (Phi) is 7.86. The number of amides is 1. The van der Waals surface area contributed by atoms with E-state index in [1.807, 2.05) is 60.7 Å². The van der Waals surface area contributed by atoms with Crippen LogP contribution in [-0.4, -0.2) is 51.2 Å². The maximum Gasteiger partial charge on any atom is 0.338 e. The molecule has 0 fully saturated rings. The molecule has 32 heavy (non-hydrogen) atoms. The minimum atomic E-state index is -0.522. The zero-order valence-electron chi connectivity index (χ0n) is 18.5. The van der Waals surface area contributed by atoms with Crippen LogP contribution in [0.2, 0.25) is 0 Å². The fraction of sp³-hybridized carbons (Fsp3) is 0.231. The van der Waals surface area contributed by atoms with Crippen molar-refractivity contribution in [3.05, 3.63) is 83.9 Å². The first-order valence-corrected chi connectivity index (χ1v) is 10.3. The molecule has 6 heteroatoms. The van der Waals surface area contributed by atoms with E-state index in [0.29, 0.717) is 30.0 Å². The summed E-state index contributed by atoms with van der Waals surface area (Å²) in [6.07, 6.45) is 0.636. The molecule has 0 radical (unpaired) electrons. The summed E-state index contributed by atoms with van der Waals surface area (Å²) in [5, 5.41) is 0. The van der Waals surface area contributed by atoms with Gasteiger partial charge < -0.3 is 19.1 Å². The quantitative estimate of drug-likeness (QED) is 0.473. The summed E-state index contributed by atoms with van der Waals surface area (Å²) in [5.74, 6) is 0.515. The van der Waals surface area contributed by atoms with Crippen LogP contribution in [0.4, 0.5) is 0 Å². The van der Waals surface area contributed by atoms with E-state index in [1.165, 1.54) is 0 Å². The van der Waals surface area contributed by atoms with Crippen molar-refractivity contribution in [3.8, 4) is 22.6 Å². The Bertz CT molecular complexity index is 1050. The van der Waals surface area contributed by atoms with E-state index in [-0.39, 0.29) is 12.5 Å². The Hall–Kier alpha value is -3.80. The van der Waals surface area contributed by atoms with Crippen LogP contribution in [0.15, 0.2) is 72.8 Å². The molecule has 0 aliphatic heterocycles. The first-order chi connectivity index (χ1) is 15.5. The van der Waals surface area contributed by atoms with Gasteiger partial charge in [-0.25, -0.2) is 4.79 Å². The number of benzene rings is 3. The summed E-state index contributed by atoms with van der Waals surface area (Å²) in [5.41, 5.74) is 3.50. The molecule has 0 bridgehead atoms. The molecule has 0 spiro atoms. The predicted octanol–water partition coefficient (Wildman–Crippen LogP) is 4.23. The van der Waals surface area contributed by atoms with Crippen LogP contribution in [0.1, 0.15) is 15.9 Å². The van der Waals surface area contributed by atoms with E-state index in [0.717, 1.165) is 16.7 Å². The van der Waals surface area contributed by atoms with Crippen LogP contribution in [0.3, 0.4) is 0 Å². The van der Waals surface area contributed by atoms with Crippen molar-refractivity contribution >= 4 is 11.9 Å². The third kappa shape index (κ3) is 5.88. The van der Waals surface area contributed by atoms with Gasteiger partial charge in [0, 0.05) is 13.6 Å². The second-order valence-corrected chi connectivity index (χ2v) is 7.27. The highest BCUT2D eigenvalue weighted by molar-refractivity contribution is 5.91. The first kappa shape index (κ1) is 22.9. The van der Waals surface area contributed by atoms with Gasteiger partial charge in [-0.3, -0.25) is 4.79 Å². The summed E-state index contributed by atoms with van der Waals surface area (Å²) in [4.78, 5) is 26.2. The van der Waals surface area contributed by atoms with Crippen molar-refractivity contribution in [2.45, 2.75) is 6.42 Å². The van der Waals surface area contributed by atoms with Gasteiger partial charge in [-0.2, -0.15) is 0 Å². The van der Waals surface area contributed by atoms with Gasteiger partial charge in [0.25, 0.3) is 5.91 Å². The minimum absolute atomic E-state index is 0.264. The molecule has 0 heterocycles. The fourth-order valence-corrected chi connectivity index (χ4v) is 3.21. The zero-order chi connectivity index (χ0) is 22.9. The first-order valence-electron chi connectivity index (χ1n) is 10.3. The maximum atomic E-state index is 12.4. The second kappa shape index (κ2) is 11.0. The minimum Gasteiger partial charge on any atom is -0.493 e. The van der Waals surface area contributed by atoms with Crippen LogP contribution >= 0.6 is 0 Å². The fourth-order valence-electron chi connectivity index (χ4n) is 3.21. The third-order valence-corrected chi connectivity index (χ3v) is 5.16. The van der Waals surface area contributed by atoms with E-state index in [1.54, 1.807) is 38.3 Å². The number of rotatable bonds is 9. The smallest absolute Gasteiger partial charge is 0.338 e. The molecule has 0 aromatic heterocycles. The predicted molar refractivity (Wildman–Crippen MR) is 123 cm³/mol. The number of methoxy groups -OCH3 is 2. The number of ether oxygens (including phenoxy) is 3. The topological polar surface area (TPSA) is 65.1 Å². The van der Waals surface area contributed by atoms with Crippen LogP contribution in [0.5, 0.6) is 11.5 Å². The van der Waals surface area contributed by atoms with Crippen molar-refractivity contribution in [2.75, 3.05) is 34.4 Å². The second-order valence-electron chi connectivity index (χ2n) is 7.27. The van der Waals surface area contributed by atoms with Crippen molar-refractivity contribution in [1.29, 1.82) is 0 Å². The number of carbonyl (C=O) groups is 2. The van der Waals surface area contributed by atoms with Gasteiger partial charge >= 0.3 is 5.97 Å². The maximum absolute atomic E-state index is 12.4. The van der Waals surface area contributed by atoms with Crippen LogP contribution in [-0.2, 0) is 16.0 Å². The lowest BCUT2D eigenvalue weighted by Crippen LogP contribution is -2.32. The lowest BCUT2D eigenvalue weighted by atomic mass is 10.0. The standard InChI is InChI=1S/C26H27NO5/c1-27(16-15-19-9-14-23(30-2)24(17-19)31-3)25(28)18-32-26(29)22-12-10-21(11-13-22)20-7-5-4-6-8-20/h4-14,17H,15-16,18H2,1-3H3. The number of hydrogen-bond acceptors (Lipinski definition) is 5. The molecule has 0 saturated carbocycles. The molecule has 3 aromatic rings. The highest BCUT2D eigenvalue weighted by Crippen LogP contribution is 2.27. The lowest BCUT2D eigenvalue weighted by molar-refractivity contribution is -0.133. The van der Waals surface area contributed by atoms with E-state index < -0.39 is 5.97 Å². The molecule has 3 aromatic carbocycles. The molecule has 6 nitrogen and oxygen atoms in total. The molecule has 0 unspecified atom stereocenters. The van der Waals surface area contributed by atoms with Gasteiger partial charge in [0.2, 0.25) is 0 Å². The van der Waals surface area contributed by atoms with E-state index in [2.05, 4.69) is 0 Å². The van der Waals surface area contributed by atoms with E-state index in [9.17, 15) is 9.59 Å². The average Bonchev–Trinajstić information content (AvgIpc) is 2.85. The van der Waals surface area contributed by atoms with Gasteiger partial charge in [0.1, 0.15) is 0 Å². The van der Waals surface area contributed by atoms with E-state index in [4.69, 9.17) is 14.2 Å². The molecule has 166 valence electrons. The van der Waals surface area contributed by atoms with Crippen LogP contribution in [0, 0.1) is 0 Å². The Morgan fingerprint density at radius 2 is 1.47 bits per heavy atom. The number of carbonyl (C=O) groups excluding carboxylic acids is 2. The average molecular weight is 434 g/mol. The number of likely N-dealkylation sites (N-methyl/N-ethyl adjacent to an activating group) is 1. The monoisotopic (exact) mass is 433 g/mol. The van der Waals surface area contributed by atoms with Gasteiger partial charge in [0.15, 0.2) is 18.1 Å². The summed E-state index contributed by atoms with van der Waals surface area (Å²) in [7, 11) is 4.86. The number of hydrogen-bond donors (Lipinski definition) is 0. The highest BCUT2D eigenvalue weighted by atomic mass is 16.5. The van der Waals surface area contributed by atoms with Crippen molar-refractivity contribution in [2.24, 2.45) is 0 Å². The molecule has 0 N–H and O–H groups in total. The van der Waals surface area contributed by atoms with Crippen molar-refractivity contribution in [3.63, 3.8) is 0 Å². The zero-order valence-corrected chi connectivity index (χ0v) is 18.5. The molecule has 3 rings (SSSR count). The molecule has 0 aliphatic carbocycles. The van der Waals surface area contributed by atoms with Crippen LogP contribution < -0.4 is 9.47 Å². The Balaban J connectivity index is 1.49. The Labute approximate surface area is 188 Å². The van der Waals surface area contributed by atoms with Gasteiger partial charge in [0.05, 0.1) is 19.8 Å². The van der Waals surface area contributed by atoms with Gasteiger partial charge in [-0.15, -0.1) is 0 Å². The lowest BCUT2D eigenvalue weighted by Gasteiger charge is -2.17. The molecule has 0 atom stereocenters. The van der Waals surface area contributed by atoms with Gasteiger partial charge in [-0.05, 0) is 47.4 Å². The summed E-state index contributed by atoms with van der Waals surface area (Å²) >= 11 is 0. The molecule has 0 aliphatic rings. The van der Waals surface area contributed by atoms with Crippen molar-refractivity contribution < 1.29 is 23.8 Å². The third-order valence-electron chi connectivity index (χ3n) is 5.16. The molecule has 0 saturated heterocycles.